The van der Waals surface area contributed by atoms with Gasteiger partial charge in [0, 0.05) is 36.1 Å². The van der Waals surface area contributed by atoms with Crippen LogP contribution in [-0.2, 0) is 9.53 Å². The molecule has 3 amide bonds. The number of fused-ring (bicyclic) bond motifs is 1. The van der Waals surface area contributed by atoms with Crippen LogP contribution in [0, 0.1) is 5.92 Å². The van der Waals surface area contributed by atoms with Gasteiger partial charge in [-0.05, 0) is 78.5 Å². The molecule has 0 spiro atoms. The quantitative estimate of drug-likeness (QED) is 0.708. The highest BCUT2D eigenvalue weighted by molar-refractivity contribution is 8.00. The molecule has 0 aliphatic carbocycles. The number of amides is 3. The number of nitrogens with one attached hydrogen (secondary N) is 1. The Labute approximate surface area is 195 Å². The fourth-order valence-corrected chi connectivity index (χ4v) is 4.95. The van der Waals surface area contributed by atoms with Crippen LogP contribution in [0.3, 0.4) is 0 Å². The van der Waals surface area contributed by atoms with Gasteiger partial charge in [-0.3, -0.25) is 9.59 Å². The Bertz CT molecular complexity index is 880. The minimum absolute atomic E-state index is 0.0140. The summed E-state index contributed by atoms with van der Waals surface area (Å²) >= 11 is 1.51. The van der Waals surface area contributed by atoms with E-state index in [1.807, 2.05) is 58.6 Å². The number of benzene rings is 1. The summed E-state index contributed by atoms with van der Waals surface area (Å²) in [6.07, 6.45) is 1.55. The van der Waals surface area contributed by atoms with E-state index < -0.39 is 5.60 Å². The summed E-state index contributed by atoms with van der Waals surface area (Å²) in [6.45, 7) is 13.3. The summed E-state index contributed by atoms with van der Waals surface area (Å²) in [5, 5.41) is 2.76. The Balaban J connectivity index is 1.67. The molecule has 1 aromatic rings. The molecule has 2 aliphatic heterocycles. The summed E-state index contributed by atoms with van der Waals surface area (Å²) in [4.78, 5) is 42.5. The standard InChI is InChI=1S/C24H35N3O4S/c1-15(2)27(23(30)31-24(4,5)6)14-17-8-7-11-26(13-17)22(29)18-9-10-20-19(12-18)25-21(28)16(3)32-20/h9-10,12,15-17H,7-8,11,13-14H2,1-6H3,(H,25,28)/t16-,17-/m0/s1. The van der Waals surface area contributed by atoms with Crippen LogP contribution in [0.25, 0.3) is 0 Å². The SMILES string of the molecule is CC(C)N(C[C@H]1CCCN(C(=O)c2ccc3c(c2)NC(=O)[C@H](C)S3)C1)C(=O)OC(C)(C)C. The maximum Gasteiger partial charge on any atom is 0.410 e. The van der Waals surface area contributed by atoms with Crippen molar-refractivity contribution in [1.29, 1.82) is 0 Å². The van der Waals surface area contributed by atoms with Gasteiger partial charge >= 0.3 is 6.09 Å². The molecule has 2 heterocycles. The molecule has 2 aliphatic rings. The van der Waals surface area contributed by atoms with E-state index in [1.54, 1.807) is 11.0 Å². The van der Waals surface area contributed by atoms with Crippen molar-refractivity contribution in [1.82, 2.24) is 9.80 Å². The van der Waals surface area contributed by atoms with Crippen LogP contribution in [0.15, 0.2) is 23.1 Å². The molecule has 3 rings (SSSR count). The van der Waals surface area contributed by atoms with Crippen molar-refractivity contribution in [2.75, 3.05) is 25.0 Å². The number of thioether (sulfide) groups is 1. The van der Waals surface area contributed by atoms with Crippen molar-refractivity contribution in [2.45, 2.75) is 76.2 Å². The Morgan fingerprint density at radius 3 is 2.69 bits per heavy atom. The molecular weight excluding hydrogens is 426 g/mol. The molecule has 0 saturated carbocycles. The number of carbonyl (C=O) groups is 3. The van der Waals surface area contributed by atoms with E-state index in [0.29, 0.717) is 30.9 Å². The number of carbonyl (C=O) groups excluding carboxylic acids is 3. The maximum atomic E-state index is 13.2. The summed E-state index contributed by atoms with van der Waals surface area (Å²) in [6, 6.07) is 5.54. The number of ether oxygens (including phenoxy) is 1. The zero-order valence-corrected chi connectivity index (χ0v) is 20.8. The molecule has 1 aromatic carbocycles. The van der Waals surface area contributed by atoms with Crippen LogP contribution >= 0.6 is 11.8 Å². The van der Waals surface area contributed by atoms with E-state index in [9.17, 15) is 14.4 Å². The minimum Gasteiger partial charge on any atom is -0.444 e. The van der Waals surface area contributed by atoms with Crippen molar-refractivity contribution in [3.8, 4) is 0 Å². The van der Waals surface area contributed by atoms with E-state index in [4.69, 9.17) is 4.74 Å². The molecule has 2 atom stereocenters. The number of rotatable bonds is 4. The first-order valence-electron chi connectivity index (χ1n) is 11.3. The second-order valence-corrected chi connectivity index (χ2v) is 11.3. The minimum atomic E-state index is -0.545. The number of likely N-dealkylation sites (tertiary alicyclic amines) is 1. The molecule has 1 fully saturated rings. The van der Waals surface area contributed by atoms with E-state index in [2.05, 4.69) is 5.32 Å². The third-order valence-corrected chi connectivity index (χ3v) is 6.85. The molecule has 176 valence electrons. The van der Waals surface area contributed by atoms with Gasteiger partial charge in [-0.15, -0.1) is 11.8 Å². The van der Waals surface area contributed by atoms with Gasteiger partial charge in [0.1, 0.15) is 5.60 Å². The molecule has 0 unspecified atom stereocenters. The van der Waals surface area contributed by atoms with Gasteiger partial charge in [-0.25, -0.2) is 4.79 Å². The van der Waals surface area contributed by atoms with Crippen LogP contribution < -0.4 is 5.32 Å². The van der Waals surface area contributed by atoms with Gasteiger partial charge in [-0.2, -0.15) is 0 Å². The molecule has 7 nitrogen and oxygen atoms in total. The average molecular weight is 462 g/mol. The zero-order valence-electron chi connectivity index (χ0n) is 19.9. The maximum absolute atomic E-state index is 13.2. The van der Waals surface area contributed by atoms with Crippen molar-refractivity contribution in [2.24, 2.45) is 5.92 Å². The fourth-order valence-electron chi connectivity index (χ4n) is 4.02. The Kier molecular flexibility index (Phi) is 7.43. The Hall–Kier alpha value is -2.22. The van der Waals surface area contributed by atoms with Crippen LogP contribution in [0.5, 0.6) is 0 Å². The van der Waals surface area contributed by atoms with Gasteiger partial charge in [0.25, 0.3) is 5.91 Å². The van der Waals surface area contributed by atoms with Crippen LogP contribution in [0.2, 0.25) is 0 Å². The van der Waals surface area contributed by atoms with Gasteiger partial charge in [-0.1, -0.05) is 0 Å². The number of anilines is 1. The van der Waals surface area contributed by atoms with E-state index in [-0.39, 0.29) is 35.1 Å². The van der Waals surface area contributed by atoms with E-state index in [1.165, 1.54) is 11.8 Å². The third-order valence-electron chi connectivity index (χ3n) is 5.67. The molecule has 0 bridgehead atoms. The molecule has 32 heavy (non-hydrogen) atoms. The number of nitrogens with zero attached hydrogens (tertiary/aromatic N) is 2. The molecule has 1 N–H and O–H groups in total. The topological polar surface area (TPSA) is 79.0 Å². The first-order chi connectivity index (χ1) is 14.9. The zero-order chi connectivity index (χ0) is 23.6. The third kappa shape index (κ3) is 5.97. The smallest absolute Gasteiger partial charge is 0.410 e. The molecule has 0 radical (unpaired) electrons. The second kappa shape index (κ2) is 9.73. The van der Waals surface area contributed by atoms with Crippen LogP contribution in [-0.4, -0.2) is 64.2 Å². The average Bonchev–Trinajstić information content (AvgIpc) is 2.70. The van der Waals surface area contributed by atoms with Gasteiger partial charge in [0.05, 0.1) is 10.9 Å². The Morgan fingerprint density at radius 2 is 2.03 bits per heavy atom. The predicted molar refractivity (Wildman–Crippen MR) is 127 cm³/mol. The lowest BCUT2D eigenvalue weighted by atomic mass is 9.96. The van der Waals surface area contributed by atoms with E-state index >= 15 is 0 Å². The molecule has 0 aromatic heterocycles. The molecule has 8 heteroatoms. The summed E-state index contributed by atoms with van der Waals surface area (Å²) in [5.41, 5.74) is 0.734. The fraction of sp³-hybridized carbons (Fsp3) is 0.625. The first kappa shape index (κ1) is 24.4. The lowest BCUT2D eigenvalue weighted by molar-refractivity contribution is -0.115. The largest absolute Gasteiger partial charge is 0.444 e. The lowest BCUT2D eigenvalue weighted by Gasteiger charge is -2.37. The summed E-state index contributed by atoms with van der Waals surface area (Å²) in [5.74, 6) is 0.112. The highest BCUT2D eigenvalue weighted by Gasteiger charge is 2.31. The van der Waals surface area contributed by atoms with Gasteiger partial charge in [0.2, 0.25) is 5.91 Å². The Morgan fingerprint density at radius 1 is 1.31 bits per heavy atom. The summed E-state index contributed by atoms with van der Waals surface area (Å²) in [7, 11) is 0. The van der Waals surface area contributed by atoms with Crippen LogP contribution in [0.4, 0.5) is 10.5 Å². The van der Waals surface area contributed by atoms with E-state index in [0.717, 1.165) is 17.7 Å². The van der Waals surface area contributed by atoms with Crippen molar-refractivity contribution >= 4 is 35.4 Å². The summed E-state index contributed by atoms with van der Waals surface area (Å²) < 4.78 is 5.59. The number of piperidine rings is 1. The van der Waals surface area contributed by atoms with Crippen molar-refractivity contribution in [3.05, 3.63) is 23.8 Å². The van der Waals surface area contributed by atoms with Gasteiger partial charge < -0.3 is 19.9 Å². The normalized spacial score (nSPS) is 21.1. The number of hydrogen-bond donors (Lipinski definition) is 1. The predicted octanol–water partition coefficient (Wildman–Crippen LogP) is 4.62. The second-order valence-electron chi connectivity index (χ2n) is 9.95. The monoisotopic (exact) mass is 461 g/mol. The van der Waals surface area contributed by atoms with Crippen LogP contribution in [0.1, 0.15) is 64.7 Å². The van der Waals surface area contributed by atoms with Crippen molar-refractivity contribution in [3.63, 3.8) is 0 Å². The highest BCUT2D eigenvalue weighted by Crippen LogP contribution is 2.36. The lowest BCUT2D eigenvalue weighted by Crippen LogP contribution is -2.48. The molecular formula is C24H35N3O4S. The van der Waals surface area contributed by atoms with Crippen molar-refractivity contribution < 1.29 is 19.1 Å². The first-order valence-corrected chi connectivity index (χ1v) is 12.2. The highest BCUT2D eigenvalue weighted by atomic mass is 32.2. The van der Waals surface area contributed by atoms with Gasteiger partial charge in [0.15, 0.2) is 0 Å². The number of hydrogen-bond acceptors (Lipinski definition) is 5. The molecule has 1 saturated heterocycles.